The maximum Gasteiger partial charge on any atom is 0.335 e. The zero-order chi connectivity index (χ0) is 31.4. The molecule has 0 aliphatic heterocycles. The van der Waals surface area contributed by atoms with Crippen LogP contribution in [0.3, 0.4) is 0 Å². The summed E-state index contributed by atoms with van der Waals surface area (Å²) < 4.78 is 36.2. The SMILES string of the molecule is O=C(O)c1ccc(OCCc2c(CS(=O)(=O)c3ccccc3)n(C(c3ccccc3)c3ccccc3)c3ccc(Cl)cc23)cc1. The van der Waals surface area contributed by atoms with Crippen LogP contribution in [0.5, 0.6) is 5.75 Å². The van der Waals surface area contributed by atoms with Crippen LogP contribution in [0, 0.1) is 0 Å². The number of hydrogen-bond donors (Lipinski definition) is 1. The predicted molar refractivity (Wildman–Crippen MR) is 177 cm³/mol. The third-order valence-electron chi connectivity index (χ3n) is 7.82. The minimum atomic E-state index is -3.75. The highest BCUT2D eigenvalue weighted by molar-refractivity contribution is 7.90. The molecule has 0 aliphatic carbocycles. The van der Waals surface area contributed by atoms with Crippen LogP contribution >= 0.6 is 11.6 Å². The van der Waals surface area contributed by atoms with E-state index in [0.717, 1.165) is 27.6 Å². The lowest BCUT2D eigenvalue weighted by Crippen LogP contribution is -2.18. The van der Waals surface area contributed by atoms with Crippen molar-refractivity contribution in [3.8, 4) is 5.75 Å². The van der Waals surface area contributed by atoms with Gasteiger partial charge in [-0.15, -0.1) is 0 Å². The Morgan fingerprint density at radius 2 is 1.36 bits per heavy atom. The van der Waals surface area contributed by atoms with Gasteiger partial charge in [-0.3, -0.25) is 0 Å². The zero-order valence-corrected chi connectivity index (χ0v) is 25.8. The number of rotatable bonds is 11. The molecule has 0 atom stereocenters. The van der Waals surface area contributed by atoms with E-state index in [1.54, 1.807) is 42.5 Å². The number of ether oxygens (including phenoxy) is 1. The molecule has 0 amide bonds. The van der Waals surface area contributed by atoms with Crippen LogP contribution < -0.4 is 4.74 Å². The second kappa shape index (κ2) is 13.0. The summed E-state index contributed by atoms with van der Waals surface area (Å²) in [5.74, 6) is -0.726. The van der Waals surface area contributed by atoms with Gasteiger partial charge in [0.15, 0.2) is 9.84 Å². The number of aromatic nitrogens is 1. The maximum absolute atomic E-state index is 14.0. The van der Waals surface area contributed by atoms with Crippen molar-refractivity contribution in [1.29, 1.82) is 0 Å². The summed E-state index contributed by atoms with van der Waals surface area (Å²) in [5.41, 5.74) is 4.52. The Bertz CT molecular complexity index is 2000. The van der Waals surface area contributed by atoms with Gasteiger partial charge >= 0.3 is 5.97 Å². The highest BCUT2D eigenvalue weighted by Crippen LogP contribution is 2.39. The monoisotopic (exact) mass is 635 g/mol. The highest BCUT2D eigenvalue weighted by atomic mass is 35.5. The molecular weight excluding hydrogens is 606 g/mol. The molecule has 6 nitrogen and oxygen atoms in total. The second-order valence-corrected chi connectivity index (χ2v) is 13.1. The molecule has 45 heavy (non-hydrogen) atoms. The molecule has 1 heterocycles. The number of sulfone groups is 1. The number of carboxylic acid groups (broad SMARTS) is 1. The first kappa shape index (κ1) is 30.2. The van der Waals surface area contributed by atoms with Gasteiger partial charge in [0.1, 0.15) is 5.75 Å². The topological polar surface area (TPSA) is 85.6 Å². The van der Waals surface area contributed by atoms with Crippen LogP contribution in [0.2, 0.25) is 5.02 Å². The fraction of sp³-hybridized carbons (Fsp3) is 0.108. The quantitative estimate of drug-likeness (QED) is 0.155. The van der Waals surface area contributed by atoms with Gasteiger partial charge in [0.25, 0.3) is 0 Å². The molecular formula is C37H30ClNO5S. The van der Waals surface area contributed by atoms with E-state index in [-0.39, 0.29) is 28.9 Å². The molecule has 1 N–H and O–H groups in total. The molecule has 0 bridgehead atoms. The fourth-order valence-corrected chi connectivity index (χ4v) is 7.34. The van der Waals surface area contributed by atoms with Gasteiger partial charge in [0.2, 0.25) is 0 Å². The van der Waals surface area contributed by atoms with Gasteiger partial charge in [0.05, 0.1) is 28.9 Å². The van der Waals surface area contributed by atoms with Gasteiger partial charge < -0.3 is 14.4 Å². The van der Waals surface area contributed by atoms with Gasteiger partial charge in [-0.2, -0.15) is 0 Å². The van der Waals surface area contributed by atoms with Crippen LogP contribution in [-0.4, -0.2) is 30.7 Å². The van der Waals surface area contributed by atoms with E-state index in [1.165, 1.54) is 12.1 Å². The second-order valence-electron chi connectivity index (χ2n) is 10.7. The van der Waals surface area contributed by atoms with Crippen LogP contribution in [-0.2, 0) is 22.0 Å². The fourth-order valence-electron chi connectivity index (χ4n) is 5.75. The van der Waals surface area contributed by atoms with E-state index in [0.29, 0.717) is 22.9 Å². The van der Waals surface area contributed by atoms with E-state index >= 15 is 0 Å². The number of carboxylic acids is 1. The molecule has 226 valence electrons. The number of fused-ring (bicyclic) bond motifs is 1. The number of aromatic carboxylic acids is 1. The minimum Gasteiger partial charge on any atom is -0.493 e. The number of halogens is 1. The van der Waals surface area contributed by atoms with Crippen molar-refractivity contribution in [1.82, 2.24) is 4.57 Å². The highest BCUT2D eigenvalue weighted by Gasteiger charge is 2.29. The lowest BCUT2D eigenvalue weighted by Gasteiger charge is -2.25. The van der Waals surface area contributed by atoms with Crippen LogP contribution in [0.25, 0.3) is 10.9 Å². The smallest absolute Gasteiger partial charge is 0.335 e. The average Bonchev–Trinajstić information content (AvgIpc) is 3.33. The first-order chi connectivity index (χ1) is 21.8. The summed E-state index contributed by atoms with van der Waals surface area (Å²) in [6.07, 6.45) is 0.389. The Balaban J connectivity index is 1.53. The Labute approximate surface area is 267 Å². The average molecular weight is 636 g/mol. The molecule has 6 rings (SSSR count). The lowest BCUT2D eigenvalue weighted by atomic mass is 9.98. The Kier molecular flexibility index (Phi) is 8.74. The van der Waals surface area contributed by atoms with Crippen molar-refractivity contribution in [2.75, 3.05) is 6.61 Å². The molecule has 0 radical (unpaired) electrons. The van der Waals surface area contributed by atoms with Crippen molar-refractivity contribution in [3.05, 3.63) is 166 Å². The van der Waals surface area contributed by atoms with Crippen molar-refractivity contribution in [2.45, 2.75) is 23.1 Å². The molecule has 5 aromatic carbocycles. The summed E-state index contributed by atoms with van der Waals surface area (Å²) in [7, 11) is -3.75. The summed E-state index contributed by atoms with van der Waals surface area (Å²) in [6, 6.07) is 40.1. The zero-order valence-electron chi connectivity index (χ0n) is 24.2. The number of nitrogens with zero attached hydrogens (tertiary/aromatic N) is 1. The van der Waals surface area contributed by atoms with Crippen molar-refractivity contribution in [2.24, 2.45) is 0 Å². The van der Waals surface area contributed by atoms with Crippen LogP contribution in [0.1, 0.15) is 38.8 Å². The summed E-state index contributed by atoms with van der Waals surface area (Å²) in [4.78, 5) is 11.5. The van der Waals surface area contributed by atoms with Crippen molar-refractivity contribution in [3.63, 3.8) is 0 Å². The third-order valence-corrected chi connectivity index (χ3v) is 9.70. The lowest BCUT2D eigenvalue weighted by molar-refractivity contribution is 0.0697. The first-order valence-electron chi connectivity index (χ1n) is 14.5. The van der Waals surface area contributed by atoms with Gasteiger partial charge in [-0.1, -0.05) is 90.5 Å². The summed E-state index contributed by atoms with van der Waals surface area (Å²) in [5, 5.41) is 10.6. The standard InChI is InChI=1S/C37H30ClNO5S/c38-29-18-21-34-33(24-29)32(22-23-44-30-19-16-28(17-20-30)37(40)41)35(25-45(42,43)31-14-8-3-9-15-31)39(34)36(26-10-4-1-5-11-26)27-12-6-2-7-13-27/h1-21,24,36H,22-23,25H2,(H,40,41). The van der Waals surface area contributed by atoms with Gasteiger partial charge in [-0.05, 0) is 71.3 Å². The summed E-state index contributed by atoms with van der Waals surface area (Å²) >= 11 is 6.56. The van der Waals surface area contributed by atoms with Crippen molar-refractivity contribution < 1.29 is 23.1 Å². The van der Waals surface area contributed by atoms with Crippen LogP contribution in [0.15, 0.2) is 138 Å². The van der Waals surface area contributed by atoms with E-state index in [2.05, 4.69) is 28.8 Å². The van der Waals surface area contributed by atoms with Gasteiger partial charge in [-0.25, -0.2) is 13.2 Å². The molecule has 0 fully saturated rings. The minimum absolute atomic E-state index is 0.168. The van der Waals surface area contributed by atoms with E-state index in [1.807, 2.05) is 54.6 Å². The molecule has 0 saturated carbocycles. The third kappa shape index (κ3) is 6.50. The van der Waals surface area contributed by atoms with Crippen LogP contribution in [0.4, 0.5) is 0 Å². The molecule has 0 saturated heterocycles. The molecule has 8 heteroatoms. The predicted octanol–water partition coefficient (Wildman–Crippen LogP) is 8.23. The normalized spacial score (nSPS) is 11.6. The Hall–Kier alpha value is -4.85. The molecule has 6 aromatic rings. The maximum atomic E-state index is 14.0. The summed E-state index contributed by atoms with van der Waals surface area (Å²) in [6.45, 7) is 0.234. The Morgan fingerprint density at radius 3 is 1.93 bits per heavy atom. The molecule has 1 aromatic heterocycles. The van der Waals surface area contributed by atoms with E-state index < -0.39 is 15.8 Å². The van der Waals surface area contributed by atoms with Gasteiger partial charge in [0, 0.05) is 28.0 Å². The largest absolute Gasteiger partial charge is 0.493 e. The molecule has 0 unspecified atom stereocenters. The van der Waals surface area contributed by atoms with Crippen molar-refractivity contribution >= 4 is 38.3 Å². The number of benzene rings is 5. The first-order valence-corrected chi connectivity index (χ1v) is 16.5. The molecule has 0 aliphatic rings. The number of hydrogen-bond acceptors (Lipinski definition) is 4. The Morgan fingerprint density at radius 1 is 0.778 bits per heavy atom. The number of carbonyl (C=O) groups is 1. The van der Waals surface area contributed by atoms with E-state index in [9.17, 15) is 18.3 Å². The van der Waals surface area contributed by atoms with E-state index in [4.69, 9.17) is 16.3 Å². The molecule has 0 spiro atoms.